The highest BCUT2D eigenvalue weighted by molar-refractivity contribution is 5.80. The van der Waals surface area contributed by atoms with Gasteiger partial charge in [0.05, 0.1) is 31.2 Å². The zero-order valence-electron chi connectivity index (χ0n) is 24.5. The molecule has 2 heterocycles. The maximum atomic E-state index is 11.8. The first-order chi connectivity index (χ1) is 18.0. The quantitative estimate of drug-likeness (QED) is 0.218. The largest absolute Gasteiger partial charge is 0.366 e. The summed E-state index contributed by atoms with van der Waals surface area (Å²) in [5.41, 5.74) is 0.479. The van der Waals surface area contributed by atoms with E-state index in [0.29, 0.717) is 31.8 Å². The number of aryl methyl sites for hydroxylation is 2. The fourth-order valence-corrected chi connectivity index (χ4v) is 3.84. The Balaban J connectivity index is 1.86. The summed E-state index contributed by atoms with van der Waals surface area (Å²) in [7, 11) is 0. The number of carbonyl (C=O) groups excluding carboxylic acids is 2. The third kappa shape index (κ3) is 10.4. The van der Waals surface area contributed by atoms with Crippen LogP contribution in [0.15, 0.2) is 12.4 Å². The number of hydrogen-bond donors (Lipinski definition) is 0. The minimum atomic E-state index is -0.589. The second kappa shape index (κ2) is 15.2. The SMILES string of the molecule is CCC(C)(COC(C)(CC)c1cn(CCCCC(=O)C(C)C)nn1)OCc1cn(CCCCC(C)=O)nn1. The van der Waals surface area contributed by atoms with Crippen LogP contribution in [0.5, 0.6) is 0 Å². The minimum absolute atomic E-state index is 0.0940. The molecule has 0 amide bonds. The molecule has 2 atom stereocenters. The summed E-state index contributed by atoms with van der Waals surface area (Å²) in [6.07, 6.45) is 10.1. The van der Waals surface area contributed by atoms with E-state index < -0.39 is 11.2 Å². The van der Waals surface area contributed by atoms with E-state index >= 15 is 0 Å². The van der Waals surface area contributed by atoms with Crippen LogP contribution in [0.2, 0.25) is 0 Å². The van der Waals surface area contributed by atoms with Crippen LogP contribution in [-0.4, -0.2) is 53.8 Å². The van der Waals surface area contributed by atoms with Crippen molar-refractivity contribution in [3.63, 3.8) is 0 Å². The number of aromatic nitrogens is 6. The molecule has 0 aliphatic carbocycles. The summed E-state index contributed by atoms with van der Waals surface area (Å²) in [5, 5.41) is 17.1. The molecule has 10 nitrogen and oxygen atoms in total. The van der Waals surface area contributed by atoms with Crippen LogP contribution < -0.4 is 0 Å². The van der Waals surface area contributed by atoms with E-state index in [-0.39, 0.29) is 11.7 Å². The molecule has 0 aliphatic rings. The second-order valence-corrected chi connectivity index (χ2v) is 11.0. The average molecular weight is 533 g/mol. The molecule has 0 radical (unpaired) electrons. The summed E-state index contributed by atoms with van der Waals surface area (Å²) in [4.78, 5) is 22.9. The van der Waals surface area contributed by atoms with Crippen molar-refractivity contribution >= 4 is 11.6 Å². The normalized spacial score (nSPS) is 14.9. The van der Waals surface area contributed by atoms with Gasteiger partial charge >= 0.3 is 0 Å². The topological polar surface area (TPSA) is 114 Å². The molecule has 10 heteroatoms. The maximum absolute atomic E-state index is 11.8. The van der Waals surface area contributed by atoms with Crippen LogP contribution in [0.3, 0.4) is 0 Å². The van der Waals surface area contributed by atoms with E-state index in [4.69, 9.17) is 9.47 Å². The Morgan fingerprint density at radius 2 is 1.53 bits per heavy atom. The highest BCUT2D eigenvalue weighted by atomic mass is 16.6. The summed E-state index contributed by atoms with van der Waals surface area (Å²) >= 11 is 0. The van der Waals surface area contributed by atoms with Crippen molar-refractivity contribution in [1.82, 2.24) is 30.0 Å². The van der Waals surface area contributed by atoms with Crippen LogP contribution >= 0.6 is 0 Å². The fraction of sp³-hybridized carbons (Fsp3) is 0.786. The molecule has 0 saturated carbocycles. The van der Waals surface area contributed by atoms with Crippen LogP contribution in [0.25, 0.3) is 0 Å². The Morgan fingerprint density at radius 3 is 2.13 bits per heavy atom. The number of carbonyl (C=O) groups is 2. The standard InChI is InChI=1S/C28H48N6O4/c1-8-27(6,37-20-24-18-33(31-29-24)16-12-10-14-23(5)35)21-38-28(7,9-2)26-19-34(32-30-26)17-13-11-15-25(36)22(3)4/h18-19,22H,8-17,20-21H2,1-7H3. The molecule has 2 rings (SSSR count). The minimum Gasteiger partial charge on any atom is -0.366 e. The first-order valence-corrected chi connectivity index (χ1v) is 14.1. The Bertz CT molecular complexity index is 1000. The van der Waals surface area contributed by atoms with Gasteiger partial charge < -0.3 is 14.3 Å². The van der Waals surface area contributed by atoms with Crippen LogP contribution in [0.1, 0.15) is 111 Å². The number of nitrogens with zero attached hydrogens (tertiary/aromatic N) is 6. The lowest BCUT2D eigenvalue weighted by Gasteiger charge is -2.34. The Labute approximate surface area is 227 Å². The summed E-state index contributed by atoms with van der Waals surface area (Å²) in [5.74, 6) is 0.619. The zero-order chi connectivity index (χ0) is 28.2. The van der Waals surface area contributed by atoms with Crippen LogP contribution in [-0.2, 0) is 44.4 Å². The smallest absolute Gasteiger partial charge is 0.135 e. The van der Waals surface area contributed by atoms with Gasteiger partial charge in [-0.15, -0.1) is 10.2 Å². The molecule has 0 aliphatic heterocycles. The molecule has 0 fully saturated rings. The van der Waals surface area contributed by atoms with Crippen LogP contribution in [0.4, 0.5) is 0 Å². The number of ether oxygens (including phenoxy) is 2. The van der Waals surface area contributed by atoms with E-state index in [1.165, 1.54) is 0 Å². The molecule has 0 N–H and O–H groups in total. The number of unbranched alkanes of at least 4 members (excludes halogenated alkanes) is 2. The number of Topliss-reactive ketones (excluding diaryl/α,β-unsaturated/α-hetero) is 2. The van der Waals surface area contributed by atoms with Crippen molar-refractivity contribution in [2.45, 2.75) is 131 Å². The highest BCUT2D eigenvalue weighted by Gasteiger charge is 2.33. The Hall–Kier alpha value is -2.46. The van der Waals surface area contributed by atoms with Gasteiger partial charge in [-0.05, 0) is 59.3 Å². The molecular formula is C28H48N6O4. The van der Waals surface area contributed by atoms with Gasteiger partial charge in [-0.1, -0.05) is 38.1 Å². The van der Waals surface area contributed by atoms with Gasteiger partial charge in [-0.2, -0.15) is 0 Å². The molecule has 0 spiro atoms. The summed E-state index contributed by atoms with van der Waals surface area (Å²) < 4.78 is 16.3. The fourth-order valence-electron chi connectivity index (χ4n) is 3.84. The zero-order valence-corrected chi connectivity index (χ0v) is 24.5. The Kier molecular flexibility index (Phi) is 12.7. The van der Waals surface area contributed by atoms with Crippen molar-refractivity contribution in [3.8, 4) is 0 Å². The van der Waals surface area contributed by atoms with E-state index in [1.54, 1.807) is 11.6 Å². The highest BCUT2D eigenvalue weighted by Crippen LogP contribution is 2.30. The molecular weight excluding hydrogens is 484 g/mol. The van der Waals surface area contributed by atoms with E-state index in [2.05, 4.69) is 34.5 Å². The van der Waals surface area contributed by atoms with Crippen LogP contribution in [0, 0.1) is 5.92 Å². The van der Waals surface area contributed by atoms with Crippen molar-refractivity contribution in [1.29, 1.82) is 0 Å². The lowest BCUT2D eigenvalue weighted by atomic mass is 9.98. The molecule has 0 aromatic carbocycles. The van der Waals surface area contributed by atoms with Gasteiger partial charge in [0.25, 0.3) is 0 Å². The van der Waals surface area contributed by atoms with E-state index in [0.717, 1.165) is 63.0 Å². The monoisotopic (exact) mass is 532 g/mol. The predicted molar refractivity (Wildman–Crippen MR) is 145 cm³/mol. The number of ketones is 2. The Morgan fingerprint density at radius 1 is 0.895 bits per heavy atom. The first kappa shape index (κ1) is 31.8. The van der Waals surface area contributed by atoms with Crippen molar-refractivity contribution in [2.75, 3.05) is 6.61 Å². The second-order valence-electron chi connectivity index (χ2n) is 11.0. The predicted octanol–water partition coefficient (Wildman–Crippen LogP) is 5.05. The summed E-state index contributed by atoms with van der Waals surface area (Å²) in [6, 6.07) is 0. The summed E-state index contributed by atoms with van der Waals surface area (Å²) in [6.45, 7) is 16.0. The average Bonchev–Trinajstić information content (AvgIpc) is 3.56. The van der Waals surface area contributed by atoms with Crippen molar-refractivity contribution < 1.29 is 19.1 Å². The molecule has 2 aromatic rings. The van der Waals surface area contributed by atoms with Gasteiger partial charge in [0.2, 0.25) is 0 Å². The van der Waals surface area contributed by atoms with Gasteiger partial charge in [0.1, 0.15) is 28.6 Å². The van der Waals surface area contributed by atoms with Gasteiger partial charge in [-0.3, -0.25) is 14.2 Å². The molecule has 0 bridgehead atoms. The maximum Gasteiger partial charge on any atom is 0.135 e. The first-order valence-electron chi connectivity index (χ1n) is 14.1. The third-order valence-corrected chi connectivity index (χ3v) is 7.22. The lowest BCUT2D eigenvalue weighted by Crippen LogP contribution is -2.38. The van der Waals surface area contributed by atoms with E-state index in [9.17, 15) is 9.59 Å². The molecule has 2 aromatic heterocycles. The number of hydrogen-bond acceptors (Lipinski definition) is 8. The lowest BCUT2D eigenvalue weighted by molar-refractivity contribution is -0.145. The number of rotatable bonds is 20. The molecule has 0 saturated heterocycles. The van der Waals surface area contributed by atoms with Gasteiger partial charge in [0.15, 0.2) is 0 Å². The van der Waals surface area contributed by atoms with Gasteiger partial charge in [0, 0.05) is 31.8 Å². The molecule has 214 valence electrons. The van der Waals surface area contributed by atoms with Gasteiger partial charge in [-0.25, -0.2) is 0 Å². The van der Waals surface area contributed by atoms with Crippen molar-refractivity contribution in [2.24, 2.45) is 5.92 Å². The van der Waals surface area contributed by atoms with Crippen molar-refractivity contribution in [3.05, 3.63) is 23.8 Å². The molecule has 38 heavy (non-hydrogen) atoms. The molecule has 2 unspecified atom stereocenters. The third-order valence-electron chi connectivity index (χ3n) is 7.22. The van der Waals surface area contributed by atoms with E-state index in [1.807, 2.05) is 44.8 Å².